The monoisotopic (exact) mass is 832 g/mol. The molecule has 0 N–H and O–H groups in total. The highest BCUT2D eigenvalue weighted by atomic mass is 15.0. The van der Waals surface area contributed by atoms with Gasteiger partial charge in [0.05, 0.1) is 51.1 Å². The normalized spacial score (nSPS) is 11.2. The summed E-state index contributed by atoms with van der Waals surface area (Å²) in [7, 11) is 0. The molecule has 6 nitrogen and oxygen atoms in total. The Morgan fingerprint density at radius 1 is 0.385 bits per heavy atom. The Morgan fingerprint density at radius 2 is 0.862 bits per heavy atom. The third kappa shape index (κ3) is 7.31. The van der Waals surface area contributed by atoms with Gasteiger partial charge in [-0.05, 0) is 66.9 Å². The second kappa shape index (κ2) is 16.5. The second-order valence-corrected chi connectivity index (χ2v) is 16.3. The van der Waals surface area contributed by atoms with Crippen LogP contribution in [0.2, 0.25) is 0 Å². The van der Waals surface area contributed by atoms with E-state index in [1.165, 1.54) is 16.7 Å². The standard InChI is InChI=1S/C59H40N6/c1-38-27-29-46(39(2)31-38)45-28-30-48-47-25-15-16-26-55(47)65(56(48)34-45)57-49(53-35-51(41-17-7-3-8-18-41)61-58(63-53)43-21-11-5-12-22-43)32-40(37-60)33-50(57)54-36-52(42-19-9-4-10-20-42)62-59(64-54)44-23-13-6-14-24-44/h3-36H,1-2H3. The predicted molar refractivity (Wildman–Crippen MR) is 264 cm³/mol. The van der Waals surface area contributed by atoms with Gasteiger partial charge in [0.2, 0.25) is 0 Å². The minimum atomic E-state index is 0.470. The van der Waals surface area contributed by atoms with E-state index in [4.69, 9.17) is 19.9 Å². The van der Waals surface area contributed by atoms with Crippen molar-refractivity contribution in [1.82, 2.24) is 24.5 Å². The first kappa shape index (κ1) is 39.1. The van der Waals surface area contributed by atoms with Gasteiger partial charge in [-0.25, -0.2) is 19.9 Å². The van der Waals surface area contributed by atoms with Crippen LogP contribution in [0.4, 0.5) is 0 Å². The van der Waals surface area contributed by atoms with Crippen molar-refractivity contribution in [3.8, 4) is 90.7 Å². The van der Waals surface area contributed by atoms with E-state index in [0.29, 0.717) is 28.6 Å². The molecule has 0 spiro atoms. The number of rotatable bonds is 8. The summed E-state index contributed by atoms with van der Waals surface area (Å²) in [5, 5.41) is 13.2. The van der Waals surface area contributed by atoms with Crippen molar-refractivity contribution in [3.05, 3.63) is 223 Å². The lowest BCUT2D eigenvalue weighted by atomic mass is 9.95. The summed E-state index contributed by atoms with van der Waals surface area (Å²) >= 11 is 0. The number of para-hydroxylation sites is 1. The maximum atomic E-state index is 11.0. The first-order valence-corrected chi connectivity index (χ1v) is 21.7. The van der Waals surface area contributed by atoms with E-state index >= 15 is 0 Å². The molecule has 0 atom stereocenters. The Balaban J connectivity index is 1.30. The molecule has 0 unspecified atom stereocenters. The van der Waals surface area contributed by atoms with Gasteiger partial charge in [-0.1, -0.05) is 175 Å². The molecule has 3 aromatic heterocycles. The van der Waals surface area contributed by atoms with Crippen LogP contribution in [-0.2, 0) is 0 Å². The van der Waals surface area contributed by atoms with Gasteiger partial charge in [0, 0.05) is 44.2 Å². The molecule has 0 saturated heterocycles. The minimum absolute atomic E-state index is 0.470. The van der Waals surface area contributed by atoms with Gasteiger partial charge in [0.25, 0.3) is 0 Å². The Labute approximate surface area is 377 Å². The second-order valence-electron chi connectivity index (χ2n) is 16.3. The van der Waals surface area contributed by atoms with Crippen LogP contribution >= 0.6 is 0 Å². The molecule has 11 rings (SSSR count). The molecule has 0 amide bonds. The van der Waals surface area contributed by atoms with Crippen LogP contribution < -0.4 is 0 Å². The van der Waals surface area contributed by atoms with Crippen molar-refractivity contribution >= 4 is 21.8 Å². The molecule has 6 heteroatoms. The Hall–Kier alpha value is -8.79. The molecular weight excluding hydrogens is 793 g/mol. The summed E-state index contributed by atoms with van der Waals surface area (Å²) < 4.78 is 2.35. The molecule has 0 aliphatic carbocycles. The topological polar surface area (TPSA) is 80.3 Å². The van der Waals surface area contributed by atoms with Gasteiger partial charge in [0.15, 0.2) is 11.6 Å². The minimum Gasteiger partial charge on any atom is -0.308 e. The number of fused-ring (bicyclic) bond motifs is 3. The summed E-state index contributed by atoms with van der Waals surface area (Å²) in [6, 6.07) is 73.0. The van der Waals surface area contributed by atoms with Crippen molar-refractivity contribution in [3.63, 3.8) is 0 Å². The lowest BCUT2D eigenvalue weighted by Gasteiger charge is -2.20. The molecule has 0 saturated carbocycles. The van der Waals surface area contributed by atoms with Crippen LogP contribution in [0.5, 0.6) is 0 Å². The van der Waals surface area contributed by atoms with Crippen LogP contribution in [0.25, 0.3) is 106 Å². The maximum absolute atomic E-state index is 11.0. The Bertz CT molecular complexity index is 3350. The average molecular weight is 833 g/mol. The summed E-state index contributed by atoms with van der Waals surface area (Å²) in [5.41, 5.74) is 16.1. The maximum Gasteiger partial charge on any atom is 0.160 e. The van der Waals surface area contributed by atoms with Crippen molar-refractivity contribution in [2.75, 3.05) is 0 Å². The largest absolute Gasteiger partial charge is 0.308 e. The third-order valence-corrected chi connectivity index (χ3v) is 12.0. The number of benzene rings is 8. The summed E-state index contributed by atoms with van der Waals surface area (Å²) in [5.74, 6) is 1.16. The molecule has 0 bridgehead atoms. The fourth-order valence-electron chi connectivity index (χ4n) is 8.96. The van der Waals surface area contributed by atoms with E-state index in [1.807, 2.05) is 121 Å². The molecule has 0 aliphatic heterocycles. The van der Waals surface area contributed by atoms with Crippen LogP contribution in [0.1, 0.15) is 16.7 Å². The summed E-state index contributed by atoms with van der Waals surface area (Å²) in [6.07, 6.45) is 0. The molecule has 0 radical (unpaired) electrons. The SMILES string of the molecule is Cc1ccc(-c2ccc3c4ccccc4n(-c4c(-c5cc(-c6ccccc6)nc(-c6ccccc6)n5)cc(C#N)cc4-c4cc(-c5ccccc5)nc(-c5ccccc5)n4)c3c2)c(C)c1. The fourth-order valence-corrected chi connectivity index (χ4v) is 8.96. The lowest BCUT2D eigenvalue weighted by Crippen LogP contribution is -2.05. The summed E-state index contributed by atoms with van der Waals surface area (Å²) in [6.45, 7) is 4.30. The first-order valence-electron chi connectivity index (χ1n) is 21.7. The number of aryl methyl sites for hydroxylation is 2. The zero-order valence-electron chi connectivity index (χ0n) is 35.8. The van der Waals surface area contributed by atoms with Crippen molar-refractivity contribution in [1.29, 1.82) is 5.26 Å². The van der Waals surface area contributed by atoms with Crippen molar-refractivity contribution in [2.45, 2.75) is 13.8 Å². The molecule has 8 aromatic carbocycles. The molecule has 3 heterocycles. The Morgan fingerprint density at radius 3 is 1.38 bits per heavy atom. The Kier molecular flexibility index (Phi) is 9.91. The van der Waals surface area contributed by atoms with Gasteiger partial charge in [0.1, 0.15) is 0 Å². The third-order valence-electron chi connectivity index (χ3n) is 12.0. The molecule has 11 aromatic rings. The van der Waals surface area contributed by atoms with E-state index in [9.17, 15) is 5.26 Å². The fraction of sp³-hybridized carbons (Fsp3) is 0.0339. The molecule has 0 fully saturated rings. The van der Waals surface area contributed by atoms with Crippen LogP contribution in [0, 0.1) is 25.2 Å². The van der Waals surface area contributed by atoms with E-state index in [0.717, 1.165) is 77.8 Å². The average Bonchev–Trinajstić information content (AvgIpc) is 3.70. The van der Waals surface area contributed by atoms with Gasteiger partial charge in [-0.2, -0.15) is 5.26 Å². The number of hydrogen-bond acceptors (Lipinski definition) is 5. The van der Waals surface area contributed by atoms with E-state index in [2.05, 4.69) is 109 Å². The van der Waals surface area contributed by atoms with Crippen LogP contribution in [0.3, 0.4) is 0 Å². The van der Waals surface area contributed by atoms with E-state index < -0.39 is 0 Å². The van der Waals surface area contributed by atoms with Crippen molar-refractivity contribution < 1.29 is 0 Å². The van der Waals surface area contributed by atoms with Gasteiger partial charge in [-0.3, -0.25) is 0 Å². The number of nitrogens with zero attached hydrogens (tertiary/aromatic N) is 6. The van der Waals surface area contributed by atoms with Crippen molar-refractivity contribution in [2.24, 2.45) is 0 Å². The molecule has 0 aliphatic rings. The number of aromatic nitrogens is 5. The first-order chi connectivity index (χ1) is 32.0. The zero-order valence-corrected chi connectivity index (χ0v) is 35.8. The zero-order chi connectivity index (χ0) is 43.9. The lowest BCUT2D eigenvalue weighted by molar-refractivity contribution is 1.14. The molecular formula is C59H40N6. The van der Waals surface area contributed by atoms with E-state index in [1.54, 1.807) is 0 Å². The molecule has 306 valence electrons. The highest BCUT2D eigenvalue weighted by Crippen LogP contribution is 2.44. The summed E-state index contributed by atoms with van der Waals surface area (Å²) in [4.78, 5) is 21.1. The predicted octanol–water partition coefficient (Wildman–Crippen LogP) is 14.5. The van der Waals surface area contributed by atoms with Crippen LogP contribution in [-0.4, -0.2) is 24.5 Å². The van der Waals surface area contributed by atoms with Gasteiger partial charge in [-0.15, -0.1) is 0 Å². The number of hydrogen-bond donors (Lipinski definition) is 0. The van der Waals surface area contributed by atoms with E-state index in [-0.39, 0.29) is 0 Å². The van der Waals surface area contributed by atoms with Gasteiger partial charge < -0.3 is 4.57 Å². The van der Waals surface area contributed by atoms with Crippen LogP contribution in [0.15, 0.2) is 206 Å². The molecule has 65 heavy (non-hydrogen) atoms. The number of nitriles is 1. The smallest absolute Gasteiger partial charge is 0.160 e. The highest BCUT2D eigenvalue weighted by molar-refractivity contribution is 6.11. The highest BCUT2D eigenvalue weighted by Gasteiger charge is 2.25. The quantitative estimate of drug-likeness (QED) is 0.152. The van der Waals surface area contributed by atoms with Gasteiger partial charge >= 0.3 is 0 Å².